The van der Waals surface area contributed by atoms with Gasteiger partial charge in [0.25, 0.3) is 0 Å². The first-order valence-electron chi connectivity index (χ1n) is 8.45. The van der Waals surface area contributed by atoms with Crippen LogP contribution in [-0.4, -0.2) is 22.8 Å². The number of carbonyl (C=O) groups excluding carboxylic acids is 2. The number of nitrogens with zero attached hydrogens (tertiary/aromatic N) is 1. The molecule has 0 amide bonds. The van der Waals surface area contributed by atoms with Gasteiger partial charge in [0.1, 0.15) is 17.8 Å². The first-order valence-corrected chi connectivity index (χ1v) is 8.45. The lowest BCUT2D eigenvalue weighted by Gasteiger charge is -2.22. The van der Waals surface area contributed by atoms with Gasteiger partial charge in [-0.2, -0.15) is 0 Å². The minimum absolute atomic E-state index is 0.326. The van der Waals surface area contributed by atoms with Crippen molar-refractivity contribution in [2.24, 2.45) is 0 Å². The van der Waals surface area contributed by atoms with Gasteiger partial charge in [-0.05, 0) is 61.6 Å². The second kappa shape index (κ2) is 7.60. The van der Waals surface area contributed by atoms with Gasteiger partial charge in [0.2, 0.25) is 0 Å². The number of aromatic nitrogens is 1. The van der Waals surface area contributed by atoms with Crippen LogP contribution < -0.4 is 0 Å². The van der Waals surface area contributed by atoms with Crippen molar-refractivity contribution in [1.82, 2.24) is 4.98 Å². The summed E-state index contributed by atoms with van der Waals surface area (Å²) in [5.41, 5.74) is 2.95. The lowest BCUT2D eigenvalue weighted by molar-refractivity contribution is -0.157. The summed E-state index contributed by atoms with van der Waals surface area (Å²) in [7, 11) is 0. The van der Waals surface area contributed by atoms with Crippen LogP contribution in [0.3, 0.4) is 0 Å². The van der Waals surface area contributed by atoms with Crippen molar-refractivity contribution in [2.75, 3.05) is 0 Å². The fourth-order valence-electron chi connectivity index (χ4n) is 2.49. The largest absolute Gasteiger partial charge is 0.459 e. The van der Waals surface area contributed by atoms with E-state index in [1.165, 1.54) is 0 Å². The molecule has 0 aliphatic carbocycles. The van der Waals surface area contributed by atoms with Crippen molar-refractivity contribution in [3.05, 3.63) is 53.9 Å². The molecular weight excluding hydrogens is 314 g/mol. The molecule has 1 heterocycles. The van der Waals surface area contributed by atoms with Crippen LogP contribution >= 0.6 is 0 Å². The molecule has 1 atom stereocenters. The number of hydrogen-bond donors (Lipinski definition) is 0. The molecule has 0 saturated carbocycles. The maximum absolute atomic E-state index is 12.3. The topological polar surface area (TPSA) is 56.3 Å². The molecule has 2 rings (SSSR count). The van der Waals surface area contributed by atoms with Crippen LogP contribution in [0.5, 0.6) is 0 Å². The number of hydrogen-bond acceptors (Lipinski definition) is 4. The highest BCUT2D eigenvalue weighted by molar-refractivity contribution is 5.94. The van der Waals surface area contributed by atoms with E-state index in [4.69, 9.17) is 4.74 Å². The zero-order valence-corrected chi connectivity index (χ0v) is 15.4. The fraction of sp³-hybridized carbons (Fsp3) is 0.381. The number of carbonyl (C=O) groups is 2. The zero-order valence-electron chi connectivity index (χ0n) is 15.4. The van der Waals surface area contributed by atoms with E-state index in [1.54, 1.807) is 33.0 Å². The van der Waals surface area contributed by atoms with E-state index >= 15 is 0 Å². The van der Waals surface area contributed by atoms with Gasteiger partial charge in [0.15, 0.2) is 0 Å². The Balaban J connectivity index is 2.35. The number of esters is 1. The summed E-state index contributed by atoms with van der Waals surface area (Å²) in [4.78, 5) is 28.2. The summed E-state index contributed by atoms with van der Waals surface area (Å²) in [5, 5.41) is 0. The van der Waals surface area contributed by atoms with Crippen LogP contribution in [0.2, 0.25) is 0 Å². The molecule has 4 heteroatoms. The van der Waals surface area contributed by atoms with Crippen molar-refractivity contribution >= 4 is 12.3 Å². The van der Waals surface area contributed by atoms with Crippen LogP contribution in [-0.2, 0) is 14.3 Å². The first kappa shape index (κ1) is 18.8. The minimum atomic E-state index is -0.925. The van der Waals surface area contributed by atoms with Crippen LogP contribution in [0.25, 0.3) is 11.1 Å². The molecule has 0 spiro atoms. The summed E-state index contributed by atoms with van der Waals surface area (Å²) >= 11 is 0. The van der Waals surface area contributed by atoms with Crippen molar-refractivity contribution in [2.45, 2.75) is 52.1 Å². The summed E-state index contributed by atoms with van der Waals surface area (Å²) in [6, 6.07) is 11.4. The molecule has 0 fully saturated rings. The average molecular weight is 339 g/mol. The third kappa shape index (κ3) is 4.99. The highest BCUT2D eigenvalue weighted by Crippen LogP contribution is 2.27. The van der Waals surface area contributed by atoms with Gasteiger partial charge in [-0.15, -0.1) is 0 Å². The molecule has 132 valence electrons. The summed E-state index contributed by atoms with van der Waals surface area (Å²) in [5.74, 6) is -1.13. The SMILES string of the molecule is CC(C)c1cc(-c2cccc(C(C=O)C(=O)OC(C)(C)C)c2)ccn1. The maximum atomic E-state index is 12.3. The van der Waals surface area contributed by atoms with E-state index in [0.717, 1.165) is 16.8 Å². The predicted octanol–water partition coefficient (Wildman–Crippen LogP) is 4.50. The lowest BCUT2D eigenvalue weighted by Crippen LogP contribution is -2.28. The van der Waals surface area contributed by atoms with Crippen molar-refractivity contribution in [1.29, 1.82) is 0 Å². The molecule has 0 radical (unpaired) electrons. The van der Waals surface area contributed by atoms with Gasteiger partial charge >= 0.3 is 5.97 Å². The molecule has 2 aromatic rings. The monoisotopic (exact) mass is 339 g/mol. The van der Waals surface area contributed by atoms with Gasteiger partial charge < -0.3 is 9.53 Å². The normalized spacial score (nSPS) is 12.7. The lowest BCUT2D eigenvalue weighted by atomic mass is 9.95. The Hall–Kier alpha value is -2.49. The predicted molar refractivity (Wildman–Crippen MR) is 98.4 cm³/mol. The second-order valence-electron chi connectivity index (χ2n) is 7.40. The fourth-order valence-corrected chi connectivity index (χ4v) is 2.49. The van der Waals surface area contributed by atoms with Crippen molar-refractivity contribution in [3.8, 4) is 11.1 Å². The number of ether oxygens (including phenoxy) is 1. The van der Waals surface area contributed by atoms with E-state index < -0.39 is 17.5 Å². The quantitative estimate of drug-likeness (QED) is 0.457. The Kier molecular flexibility index (Phi) is 5.73. The minimum Gasteiger partial charge on any atom is -0.459 e. The van der Waals surface area contributed by atoms with Crippen LogP contribution in [0.1, 0.15) is 57.7 Å². The Labute approximate surface area is 149 Å². The Morgan fingerprint density at radius 3 is 2.40 bits per heavy atom. The van der Waals surface area contributed by atoms with Crippen molar-refractivity contribution in [3.63, 3.8) is 0 Å². The van der Waals surface area contributed by atoms with E-state index in [9.17, 15) is 9.59 Å². The van der Waals surface area contributed by atoms with Gasteiger partial charge in [-0.25, -0.2) is 0 Å². The summed E-state index contributed by atoms with van der Waals surface area (Å²) in [6.07, 6.45) is 2.42. The van der Waals surface area contributed by atoms with Gasteiger partial charge in [0, 0.05) is 11.9 Å². The molecule has 1 aromatic heterocycles. The molecule has 0 N–H and O–H groups in total. The Morgan fingerprint density at radius 1 is 1.12 bits per heavy atom. The van der Waals surface area contributed by atoms with E-state index in [0.29, 0.717) is 17.8 Å². The second-order valence-corrected chi connectivity index (χ2v) is 7.40. The van der Waals surface area contributed by atoms with Crippen LogP contribution in [0.15, 0.2) is 42.6 Å². The number of aldehydes is 1. The molecule has 1 unspecified atom stereocenters. The number of benzene rings is 1. The van der Waals surface area contributed by atoms with Crippen molar-refractivity contribution < 1.29 is 14.3 Å². The van der Waals surface area contributed by atoms with E-state index in [2.05, 4.69) is 18.8 Å². The molecule has 0 aliphatic heterocycles. The summed E-state index contributed by atoms with van der Waals surface area (Å²) in [6.45, 7) is 9.54. The van der Waals surface area contributed by atoms with E-state index in [1.807, 2.05) is 30.3 Å². The smallest absolute Gasteiger partial charge is 0.321 e. The summed E-state index contributed by atoms with van der Waals surface area (Å²) < 4.78 is 5.36. The molecule has 0 saturated heterocycles. The molecule has 25 heavy (non-hydrogen) atoms. The molecule has 1 aromatic carbocycles. The highest BCUT2D eigenvalue weighted by Gasteiger charge is 2.26. The molecule has 0 bridgehead atoms. The third-order valence-corrected chi connectivity index (χ3v) is 3.75. The molecule has 4 nitrogen and oxygen atoms in total. The Bertz CT molecular complexity index is 760. The molecular formula is C21H25NO3. The van der Waals surface area contributed by atoms with Crippen LogP contribution in [0, 0.1) is 0 Å². The van der Waals surface area contributed by atoms with Gasteiger partial charge in [0.05, 0.1) is 0 Å². The Morgan fingerprint density at radius 2 is 1.80 bits per heavy atom. The maximum Gasteiger partial charge on any atom is 0.321 e. The van der Waals surface area contributed by atoms with Crippen LogP contribution in [0.4, 0.5) is 0 Å². The van der Waals surface area contributed by atoms with Gasteiger partial charge in [-0.1, -0.05) is 32.0 Å². The zero-order chi connectivity index (χ0) is 18.6. The standard InChI is InChI=1S/C21H25NO3/c1-14(2)19-12-16(9-10-22-19)15-7-6-8-17(11-15)18(13-23)20(24)25-21(3,4)5/h6-14,18H,1-5H3. The average Bonchev–Trinajstić information content (AvgIpc) is 2.54. The number of rotatable bonds is 5. The number of pyridine rings is 1. The highest BCUT2D eigenvalue weighted by atomic mass is 16.6. The van der Waals surface area contributed by atoms with E-state index in [-0.39, 0.29) is 0 Å². The molecule has 0 aliphatic rings. The third-order valence-electron chi connectivity index (χ3n) is 3.75. The first-order chi connectivity index (χ1) is 11.7. The van der Waals surface area contributed by atoms with Gasteiger partial charge in [-0.3, -0.25) is 9.78 Å².